The van der Waals surface area contributed by atoms with E-state index in [4.69, 9.17) is 0 Å². The Labute approximate surface area is 158 Å². The molecular formula is C18H31IN4. The molecule has 0 spiro atoms. The van der Waals surface area contributed by atoms with Crippen molar-refractivity contribution in [3.05, 3.63) is 35.9 Å². The minimum absolute atomic E-state index is 0. The van der Waals surface area contributed by atoms with E-state index >= 15 is 0 Å². The van der Waals surface area contributed by atoms with Crippen LogP contribution in [0.15, 0.2) is 35.3 Å². The lowest BCUT2D eigenvalue weighted by molar-refractivity contribution is 0.324. The fourth-order valence-corrected chi connectivity index (χ4v) is 2.52. The van der Waals surface area contributed by atoms with Crippen molar-refractivity contribution in [2.75, 3.05) is 26.7 Å². The van der Waals surface area contributed by atoms with Gasteiger partial charge in [-0.3, -0.25) is 4.99 Å². The summed E-state index contributed by atoms with van der Waals surface area (Å²) in [5.41, 5.74) is 1.37. The lowest BCUT2D eigenvalue weighted by Gasteiger charge is -2.16. The molecule has 2 N–H and O–H groups in total. The Hall–Kier alpha value is -0.820. The molecule has 1 aliphatic rings. The topological polar surface area (TPSA) is 39.7 Å². The quantitative estimate of drug-likeness (QED) is 0.288. The first-order valence-corrected chi connectivity index (χ1v) is 8.46. The molecule has 0 heterocycles. The summed E-state index contributed by atoms with van der Waals surface area (Å²) in [7, 11) is 2.17. The van der Waals surface area contributed by atoms with Crippen molar-refractivity contribution in [3.8, 4) is 0 Å². The summed E-state index contributed by atoms with van der Waals surface area (Å²) in [5.74, 6) is 1.77. The smallest absolute Gasteiger partial charge is 0.191 e. The van der Waals surface area contributed by atoms with Gasteiger partial charge in [-0.25, -0.2) is 0 Å². The van der Waals surface area contributed by atoms with E-state index in [1.807, 2.05) is 0 Å². The van der Waals surface area contributed by atoms with Crippen LogP contribution in [-0.4, -0.2) is 43.6 Å². The van der Waals surface area contributed by atoms with Crippen LogP contribution < -0.4 is 10.6 Å². The number of nitrogens with one attached hydrogen (secondary N) is 2. The largest absolute Gasteiger partial charge is 0.357 e. The van der Waals surface area contributed by atoms with Crippen LogP contribution in [0.2, 0.25) is 0 Å². The highest BCUT2D eigenvalue weighted by Crippen LogP contribution is 2.28. The lowest BCUT2D eigenvalue weighted by atomic mass is 10.2. The molecule has 0 bridgehead atoms. The van der Waals surface area contributed by atoms with Gasteiger partial charge < -0.3 is 15.5 Å². The molecule has 5 heteroatoms. The molecule has 2 rings (SSSR count). The summed E-state index contributed by atoms with van der Waals surface area (Å²) < 4.78 is 0. The fourth-order valence-electron chi connectivity index (χ4n) is 2.52. The molecule has 4 nitrogen and oxygen atoms in total. The van der Waals surface area contributed by atoms with Crippen LogP contribution in [0.3, 0.4) is 0 Å². The van der Waals surface area contributed by atoms with E-state index in [-0.39, 0.29) is 24.0 Å². The minimum Gasteiger partial charge on any atom is -0.357 e. The monoisotopic (exact) mass is 430 g/mol. The standard InChI is InChI=1S/C18H30N4.HI/c1-4-19-18(21-17-13-15(17)2)20-11-8-12-22(3)14-16-9-6-5-7-10-16;/h5-7,9-10,15,17H,4,8,11-14H2,1-3H3,(H2,19,20,21);1H. The summed E-state index contributed by atoms with van der Waals surface area (Å²) in [6.07, 6.45) is 2.35. The Bertz CT molecular complexity index is 463. The molecule has 0 amide bonds. The first-order chi connectivity index (χ1) is 10.7. The molecule has 0 aliphatic heterocycles. The van der Waals surface area contributed by atoms with E-state index in [0.29, 0.717) is 6.04 Å². The van der Waals surface area contributed by atoms with Gasteiger partial charge in [0.15, 0.2) is 5.96 Å². The van der Waals surface area contributed by atoms with Gasteiger partial charge in [0.05, 0.1) is 0 Å². The molecule has 1 fully saturated rings. The summed E-state index contributed by atoms with van der Waals surface area (Å²) in [4.78, 5) is 7.03. The Kier molecular flexibility index (Phi) is 9.55. The van der Waals surface area contributed by atoms with Crippen molar-refractivity contribution in [2.24, 2.45) is 10.9 Å². The predicted octanol–water partition coefficient (Wildman–Crippen LogP) is 3.09. The van der Waals surface area contributed by atoms with Crippen LogP contribution in [0.5, 0.6) is 0 Å². The number of hydrogen-bond donors (Lipinski definition) is 2. The Balaban J connectivity index is 0.00000264. The molecule has 1 aliphatic carbocycles. The van der Waals surface area contributed by atoms with Crippen LogP contribution >= 0.6 is 24.0 Å². The third-order valence-corrected chi connectivity index (χ3v) is 4.04. The molecule has 2 atom stereocenters. The van der Waals surface area contributed by atoms with Crippen molar-refractivity contribution >= 4 is 29.9 Å². The average molecular weight is 430 g/mol. The van der Waals surface area contributed by atoms with Gasteiger partial charge in [-0.15, -0.1) is 24.0 Å². The second-order valence-electron chi connectivity index (χ2n) is 6.30. The van der Waals surface area contributed by atoms with Gasteiger partial charge in [0.1, 0.15) is 0 Å². The van der Waals surface area contributed by atoms with Crippen LogP contribution in [0.1, 0.15) is 32.3 Å². The summed E-state index contributed by atoms with van der Waals surface area (Å²) in [6, 6.07) is 11.2. The van der Waals surface area contributed by atoms with Crippen LogP contribution in [-0.2, 0) is 6.54 Å². The second kappa shape index (κ2) is 10.9. The number of guanidine groups is 1. The van der Waals surface area contributed by atoms with Gasteiger partial charge >= 0.3 is 0 Å². The predicted molar refractivity (Wildman–Crippen MR) is 109 cm³/mol. The maximum Gasteiger partial charge on any atom is 0.191 e. The number of hydrogen-bond acceptors (Lipinski definition) is 2. The highest BCUT2D eigenvalue weighted by molar-refractivity contribution is 14.0. The van der Waals surface area contributed by atoms with E-state index in [1.54, 1.807) is 0 Å². The van der Waals surface area contributed by atoms with Crippen molar-refractivity contribution in [1.29, 1.82) is 0 Å². The number of nitrogens with zero attached hydrogens (tertiary/aromatic N) is 2. The van der Waals surface area contributed by atoms with Gasteiger partial charge in [-0.2, -0.15) is 0 Å². The van der Waals surface area contributed by atoms with E-state index < -0.39 is 0 Å². The molecule has 130 valence electrons. The van der Waals surface area contributed by atoms with E-state index in [9.17, 15) is 0 Å². The van der Waals surface area contributed by atoms with E-state index in [1.165, 1.54) is 12.0 Å². The van der Waals surface area contributed by atoms with Gasteiger partial charge in [-0.1, -0.05) is 37.3 Å². The van der Waals surface area contributed by atoms with Crippen LogP contribution in [0.4, 0.5) is 0 Å². The third kappa shape index (κ3) is 8.01. The highest BCUT2D eigenvalue weighted by Gasteiger charge is 2.33. The van der Waals surface area contributed by atoms with Crippen molar-refractivity contribution in [2.45, 2.75) is 39.3 Å². The zero-order valence-electron chi connectivity index (χ0n) is 14.6. The maximum atomic E-state index is 4.67. The van der Waals surface area contributed by atoms with Crippen molar-refractivity contribution < 1.29 is 0 Å². The van der Waals surface area contributed by atoms with Gasteiger partial charge in [-0.05, 0) is 44.8 Å². The fraction of sp³-hybridized carbons (Fsp3) is 0.611. The second-order valence-corrected chi connectivity index (χ2v) is 6.30. The molecule has 0 saturated heterocycles. The zero-order valence-corrected chi connectivity index (χ0v) is 16.9. The first kappa shape index (κ1) is 20.2. The Morgan fingerprint density at radius 1 is 1.30 bits per heavy atom. The third-order valence-electron chi connectivity index (χ3n) is 4.04. The van der Waals surface area contributed by atoms with Crippen LogP contribution in [0.25, 0.3) is 0 Å². The lowest BCUT2D eigenvalue weighted by Crippen LogP contribution is -2.39. The molecule has 23 heavy (non-hydrogen) atoms. The number of aliphatic imine (C=N–C) groups is 1. The molecule has 0 aromatic heterocycles. The van der Waals surface area contributed by atoms with E-state index in [0.717, 1.165) is 44.5 Å². The number of benzene rings is 1. The number of halogens is 1. The summed E-state index contributed by atoms with van der Waals surface area (Å²) in [6.45, 7) is 8.25. The molecular weight excluding hydrogens is 399 g/mol. The number of rotatable bonds is 8. The SMILES string of the molecule is CCNC(=NCCCN(C)Cc1ccccc1)NC1CC1C.I. The molecule has 1 aromatic carbocycles. The van der Waals surface area contributed by atoms with Crippen molar-refractivity contribution in [3.63, 3.8) is 0 Å². The normalized spacial score (nSPS) is 20.1. The minimum atomic E-state index is 0. The molecule has 0 radical (unpaired) electrons. The Morgan fingerprint density at radius 2 is 2.00 bits per heavy atom. The summed E-state index contributed by atoms with van der Waals surface area (Å²) >= 11 is 0. The van der Waals surface area contributed by atoms with Gasteiger partial charge in [0.2, 0.25) is 0 Å². The Morgan fingerprint density at radius 3 is 2.61 bits per heavy atom. The zero-order chi connectivity index (χ0) is 15.8. The van der Waals surface area contributed by atoms with Gasteiger partial charge in [0.25, 0.3) is 0 Å². The maximum absolute atomic E-state index is 4.67. The molecule has 2 unspecified atom stereocenters. The molecule has 1 saturated carbocycles. The van der Waals surface area contributed by atoms with Crippen LogP contribution in [0, 0.1) is 5.92 Å². The summed E-state index contributed by atoms with van der Waals surface area (Å²) in [5, 5.41) is 6.82. The van der Waals surface area contributed by atoms with Crippen molar-refractivity contribution in [1.82, 2.24) is 15.5 Å². The van der Waals surface area contributed by atoms with E-state index in [2.05, 4.69) is 71.8 Å². The first-order valence-electron chi connectivity index (χ1n) is 8.46. The average Bonchev–Trinajstić information content (AvgIpc) is 3.20. The molecule has 1 aromatic rings. The van der Waals surface area contributed by atoms with Gasteiger partial charge in [0, 0.05) is 25.7 Å². The highest BCUT2D eigenvalue weighted by atomic mass is 127.